The Hall–Kier alpha value is -1.72. The maximum absolute atomic E-state index is 13.5. The van der Waals surface area contributed by atoms with Crippen LogP contribution in [0.25, 0.3) is 10.2 Å². The Balaban J connectivity index is 1.90. The van der Waals surface area contributed by atoms with E-state index in [-0.39, 0.29) is 11.1 Å². The number of rotatable bonds is 3. The molecule has 2 heterocycles. The minimum absolute atomic E-state index is 0.182. The van der Waals surface area contributed by atoms with Crippen LogP contribution in [0.1, 0.15) is 5.56 Å². The van der Waals surface area contributed by atoms with Gasteiger partial charge in [-0.15, -0.1) is 11.3 Å². The van der Waals surface area contributed by atoms with Gasteiger partial charge < -0.3 is 5.32 Å². The summed E-state index contributed by atoms with van der Waals surface area (Å²) in [5.74, 6) is 0.394. The molecule has 1 N–H and O–H groups in total. The molecule has 0 aliphatic heterocycles. The van der Waals surface area contributed by atoms with Crippen LogP contribution in [0.4, 0.5) is 10.2 Å². The molecule has 0 aliphatic carbocycles. The van der Waals surface area contributed by atoms with E-state index >= 15 is 0 Å². The van der Waals surface area contributed by atoms with E-state index in [2.05, 4.69) is 15.3 Å². The Kier molecular flexibility index (Phi) is 3.31. The Morgan fingerprint density at radius 1 is 1.21 bits per heavy atom. The van der Waals surface area contributed by atoms with Gasteiger partial charge in [-0.25, -0.2) is 9.37 Å². The van der Waals surface area contributed by atoms with Crippen molar-refractivity contribution < 1.29 is 4.39 Å². The predicted octanol–water partition coefficient (Wildman–Crippen LogP) is 4.10. The van der Waals surface area contributed by atoms with E-state index in [1.54, 1.807) is 18.2 Å². The van der Waals surface area contributed by atoms with Gasteiger partial charge in [0.05, 0.1) is 10.2 Å². The molecule has 0 radical (unpaired) electrons. The number of hydrogen-bond acceptors (Lipinski definition) is 4. The number of nitrogens with one attached hydrogen (secondary N) is 1. The molecule has 19 heavy (non-hydrogen) atoms. The smallest absolute Gasteiger partial charge is 0.224 e. The first kappa shape index (κ1) is 12.3. The number of fused-ring (bicyclic) bond motifs is 1. The van der Waals surface area contributed by atoms with Crippen LogP contribution >= 0.6 is 22.9 Å². The molecule has 0 atom stereocenters. The zero-order chi connectivity index (χ0) is 13.2. The standard InChI is InChI=1S/C13H9ClFN3S/c14-13-17-10-5-6-19-11(10)12(18-13)16-7-8-3-1-2-4-9(8)15/h1-6H,7H2,(H,16,17,18). The van der Waals surface area contributed by atoms with Crippen LogP contribution in [0.15, 0.2) is 35.7 Å². The summed E-state index contributed by atoms with van der Waals surface area (Å²) in [4.78, 5) is 8.27. The molecule has 3 rings (SSSR count). The largest absolute Gasteiger partial charge is 0.365 e. The van der Waals surface area contributed by atoms with Gasteiger partial charge in [0.1, 0.15) is 11.6 Å². The van der Waals surface area contributed by atoms with Crippen molar-refractivity contribution in [3.63, 3.8) is 0 Å². The summed E-state index contributed by atoms with van der Waals surface area (Å²) in [6.07, 6.45) is 0. The van der Waals surface area contributed by atoms with Crippen molar-refractivity contribution in [1.82, 2.24) is 9.97 Å². The summed E-state index contributed by atoms with van der Waals surface area (Å²) in [5, 5.41) is 5.21. The van der Waals surface area contributed by atoms with E-state index in [9.17, 15) is 4.39 Å². The second-order valence-corrected chi connectivity index (χ2v) is 5.18. The molecule has 0 fully saturated rings. The molecular formula is C13H9ClFN3S. The highest BCUT2D eigenvalue weighted by Gasteiger charge is 2.08. The third kappa shape index (κ3) is 2.52. The monoisotopic (exact) mass is 293 g/mol. The molecule has 3 nitrogen and oxygen atoms in total. The van der Waals surface area contributed by atoms with Crippen molar-refractivity contribution in [2.24, 2.45) is 0 Å². The Labute approximate surface area is 118 Å². The van der Waals surface area contributed by atoms with Gasteiger partial charge in [-0.2, -0.15) is 4.98 Å². The number of benzene rings is 1. The van der Waals surface area contributed by atoms with E-state index in [0.29, 0.717) is 17.9 Å². The van der Waals surface area contributed by atoms with Gasteiger partial charge in [-0.05, 0) is 29.1 Å². The number of halogens is 2. The van der Waals surface area contributed by atoms with Crippen LogP contribution < -0.4 is 5.32 Å². The molecule has 0 aliphatic rings. The van der Waals surface area contributed by atoms with Crippen LogP contribution in [0.2, 0.25) is 5.28 Å². The minimum atomic E-state index is -0.238. The molecule has 6 heteroatoms. The fraction of sp³-hybridized carbons (Fsp3) is 0.0769. The Bertz CT molecular complexity index is 729. The number of hydrogen-bond donors (Lipinski definition) is 1. The zero-order valence-corrected chi connectivity index (χ0v) is 11.3. The fourth-order valence-electron chi connectivity index (χ4n) is 1.78. The van der Waals surface area contributed by atoms with Crippen molar-refractivity contribution in [2.45, 2.75) is 6.54 Å². The summed E-state index contributed by atoms with van der Waals surface area (Å²) in [6.45, 7) is 0.354. The lowest BCUT2D eigenvalue weighted by atomic mass is 10.2. The highest BCUT2D eigenvalue weighted by atomic mass is 35.5. The van der Waals surface area contributed by atoms with Gasteiger partial charge in [-0.1, -0.05) is 18.2 Å². The number of aromatic nitrogens is 2. The molecule has 0 bridgehead atoms. The zero-order valence-electron chi connectivity index (χ0n) is 9.73. The summed E-state index contributed by atoms with van der Waals surface area (Å²) in [5.41, 5.74) is 1.38. The number of thiophene rings is 1. The predicted molar refractivity (Wildman–Crippen MR) is 76.2 cm³/mol. The average molecular weight is 294 g/mol. The molecule has 0 amide bonds. The van der Waals surface area contributed by atoms with Crippen LogP contribution in [-0.2, 0) is 6.54 Å². The van der Waals surface area contributed by atoms with Gasteiger partial charge >= 0.3 is 0 Å². The van der Waals surface area contributed by atoms with Crippen molar-refractivity contribution in [3.05, 3.63) is 52.4 Å². The topological polar surface area (TPSA) is 37.8 Å². The molecule has 3 aromatic rings. The first-order chi connectivity index (χ1) is 9.24. The van der Waals surface area contributed by atoms with Crippen molar-refractivity contribution in [1.29, 1.82) is 0 Å². The SMILES string of the molecule is Fc1ccccc1CNc1nc(Cl)nc2ccsc12. The maximum atomic E-state index is 13.5. The molecule has 1 aromatic carbocycles. The summed E-state index contributed by atoms with van der Waals surface area (Å²) >= 11 is 7.38. The molecule has 0 saturated carbocycles. The van der Waals surface area contributed by atoms with Gasteiger partial charge in [0.2, 0.25) is 5.28 Å². The van der Waals surface area contributed by atoms with E-state index in [4.69, 9.17) is 11.6 Å². The second-order valence-electron chi connectivity index (χ2n) is 3.92. The van der Waals surface area contributed by atoms with Gasteiger partial charge in [0.15, 0.2) is 0 Å². The molecule has 0 unspecified atom stereocenters. The maximum Gasteiger partial charge on any atom is 0.224 e. The van der Waals surface area contributed by atoms with Crippen LogP contribution in [0.3, 0.4) is 0 Å². The highest BCUT2D eigenvalue weighted by molar-refractivity contribution is 7.17. The summed E-state index contributed by atoms with van der Waals surface area (Å²) in [6, 6.07) is 8.51. The van der Waals surface area contributed by atoms with Crippen LogP contribution in [0, 0.1) is 5.82 Å². The van der Waals surface area contributed by atoms with Gasteiger partial charge in [0.25, 0.3) is 0 Å². The quantitative estimate of drug-likeness (QED) is 0.739. The summed E-state index contributed by atoms with van der Waals surface area (Å²) < 4.78 is 14.4. The lowest BCUT2D eigenvalue weighted by Gasteiger charge is -2.07. The lowest BCUT2D eigenvalue weighted by Crippen LogP contribution is -2.04. The van der Waals surface area contributed by atoms with Crippen molar-refractivity contribution >= 4 is 39.0 Å². The molecule has 0 saturated heterocycles. The average Bonchev–Trinajstić information content (AvgIpc) is 2.85. The van der Waals surface area contributed by atoms with Crippen LogP contribution in [0.5, 0.6) is 0 Å². The fourth-order valence-corrected chi connectivity index (χ4v) is 2.75. The first-order valence-electron chi connectivity index (χ1n) is 5.62. The Morgan fingerprint density at radius 2 is 2.05 bits per heavy atom. The van der Waals surface area contributed by atoms with Gasteiger partial charge in [0, 0.05) is 12.1 Å². The number of anilines is 1. The third-order valence-corrected chi connectivity index (χ3v) is 3.76. The molecule has 96 valence electrons. The molecule has 2 aromatic heterocycles. The van der Waals surface area contributed by atoms with E-state index < -0.39 is 0 Å². The normalized spacial score (nSPS) is 10.8. The third-order valence-electron chi connectivity index (χ3n) is 2.68. The van der Waals surface area contributed by atoms with Crippen molar-refractivity contribution in [2.75, 3.05) is 5.32 Å². The molecular weight excluding hydrogens is 285 g/mol. The van der Waals surface area contributed by atoms with Crippen LogP contribution in [-0.4, -0.2) is 9.97 Å². The molecule has 0 spiro atoms. The first-order valence-corrected chi connectivity index (χ1v) is 6.88. The van der Waals surface area contributed by atoms with Gasteiger partial charge in [-0.3, -0.25) is 0 Å². The van der Waals surface area contributed by atoms with E-state index in [1.807, 2.05) is 11.4 Å². The summed E-state index contributed by atoms with van der Waals surface area (Å²) in [7, 11) is 0. The van der Waals surface area contributed by atoms with E-state index in [0.717, 1.165) is 10.2 Å². The van der Waals surface area contributed by atoms with Crippen molar-refractivity contribution in [3.8, 4) is 0 Å². The second kappa shape index (κ2) is 5.11. The Morgan fingerprint density at radius 3 is 2.89 bits per heavy atom. The van der Waals surface area contributed by atoms with E-state index in [1.165, 1.54) is 17.4 Å². The minimum Gasteiger partial charge on any atom is -0.365 e. The highest BCUT2D eigenvalue weighted by Crippen LogP contribution is 2.27. The lowest BCUT2D eigenvalue weighted by molar-refractivity contribution is 0.613. The number of nitrogens with zero attached hydrogens (tertiary/aromatic N) is 2.